The number of aromatic amines is 1. The molecule has 2 heterocycles. The minimum atomic E-state index is -0.591. The average Bonchev–Trinajstić information content (AvgIpc) is 2.45. The Morgan fingerprint density at radius 3 is 2.41 bits per heavy atom. The summed E-state index contributed by atoms with van der Waals surface area (Å²) in [5.74, 6) is 0.675. The molecule has 0 aliphatic carbocycles. The molecule has 0 aromatic carbocycles. The smallest absolute Gasteiger partial charge is 0.367 e. The second kappa shape index (κ2) is 5.51. The molecule has 116 valence electrons. The zero-order valence-corrected chi connectivity index (χ0v) is 13.0. The summed E-state index contributed by atoms with van der Waals surface area (Å²) in [6.45, 7) is 4.96. The summed E-state index contributed by atoms with van der Waals surface area (Å²) >= 11 is 0. The molecule has 0 unspecified atom stereocenters. The van der Waals surface area contributed by atoms with E-state index in [4.69, 9.17) is 0 Å². The van der Waals surface area contributed by atoms with E-state index in [0.29, 0.717) is 17.3 Å². The number of H-pyrrole nitrogens is 1. The molecule has 0 amide bonds. The maximum Gasteiger partial charge on any atom is 0.367 e. The van der Waals surface area contributed by atoms with Crippen LogP contribution >= 0.6 is 0 Å². The summed E-state index contributed by atoms with van der Waals surface area (Å²) < 4.78 is 2.69. The number of aromatic hydroxyl groups is 1. The summed E-state index contributed by atoms with van der Waals surface area (Å²) in [5, 5.41) is 17.5. The third-order valence-corrected chi connectivity index (χ3v) is 3.46. The summed E-state index contributed by atoms with van der Waals surface area (Å²) in [5.41, 5.74) is -0.811. The van der Waals surface area contributed by atoms with Gasteiger partial charge >= 0.3 is 11.4 Å². The van der Waals surface area contributed by atoms with Crippen LogP contribution in [0.5, 0.6) is 5.88 Å². The van der Waals surface area contributed by atoms with Crippen LogP contribution in [0.3, 0.4) is 0 Å². The molecule has 2 aromatic heterocycles. The number of aryl methyl sites for hydroxylation is 3. The van der Waals surface area contributed by atoms with Crippen LogP contribution in [-0.4, -0.2) is 19.6 Å². The molecule has 2 rings (SSSR count). The molecular formula is C13H17N6O3+. The van der Waals surface area contributed by atoms with Crippen molar-refractivity contribution in [2.75, 3.05) is 0 Å². The van der Waals surface area contributed by atoms with Gasteiger partial charge in [-0.05, 0) is 13.8 Å². The number of azo groups is 1. The molecule has 0 saturated carbocycles. The van der Waals surface area contributed by atoms with Crippen LogP contribution in [0.4, 0.5) is 11.4 Å². The average molecular weight is 305 g/mol. The monoisotopic (exact) mass is 305 g/mol. The van der Waals surface area contributed by atoms with E-state index in [-0.39, 0.29) is 22.8 Å². The van der Waals surface area contributed by atoms with Gasteiger partial charge in [-0.1, -0.05) is 0 Å². The van der Waals surface area contributed by atoms with E-state index in [0.717, 1.165) is 0 Å². The molecular weight excluding hydrogens is 288 g/mol. The van der Waals surface area contributed by atoms with Crippen molar-refractivity contribution in [3.8, 4) is 5.88 Å². The molecule has 0 aliphatic heterocycles. The molecule has 2 N–H and O–H groups in total. The lowest BCUT2D eigenvalue weighted by Crippen LogP contribution is -2.36. The minimum Gasteiger partial charge on any atom is -0.476 e. The summed E-state index contributed by atoms with van der Waals surface area (Å²) in [4.78, 5) is 30.7. The predicted octanol–water partition coefficient (Wildman–Crippen LogP) is 0.339. The lowest BCUT2D eigenvalue weighted by molar-refractivity contribution is -0.686. The Hall–Kier alpha value is -2.84. The largest absolute Gasteiger partial charge is 0.476 e. The van der Waals surface area contributed by atoms with Gasteiger partial charge in [-0.25, -0.2) is 19.3 Å². The first-order valence-corrected chi connectivity index (χ1v) is 6.52. The van der Waals surface area contributed by atoms with E-state index in [2.05, 4.69) is 20.2 Å². The Balaban J connectivity index is 2.61. The van der Waals surface area contributed by atoms with E-state index in [1.165, 1.54) is 9.13 Å². The summed E-state index contributed by atoms with van der Waals surface area (Å²) in [6, 6.07) is 0. The van der Waals surface area contributed by atoms with Crippen LogP contribution in [0.25, 0.3) is 0 Å². The van der Waals surface area contributed by atoms with Crippen LogP contribution in [0, 0.1) is 20.8 Å². The Kier molecular flexibility index (Phi) is 3.89. The van der Waals surface area contributed by atoms with Crippen LogP contribution in [0.15, 0.2) is 19.8 Å². The first kappa shape index (κ1) is 15.5. The molecule has 2 aromatic rings. The third kappa shape index (κ3) is 2.52. The standard InChI is InChI=1S/C13H16N6O3/c1-6-9(12(21)18(4)7(2)14-6)16-17-10-11(20)15-8(3)19(5)13(10)22/h1-5H3,(H,16,20,22)/p+1. The summed E-state index contributed by atoms with van der Waals surface area (Å²) in [6.07, 6.45) is 0. The van der Waals surface area contributed by atoms with Crippen molar-refractivity contribution in [1.29, 1.82) is 0 Å². The molecule has 0 fully saturated rings. The first-order chi connectivity index (χ1) is 10.2. The highest BCUT2D eigenvalue weighted by molar-refractivity contribution is 5.43. The minimum absolute atomic E-state index is 0.0233. The van der Waals surface area contributed by atoms with Crippen molar-refractivity contribution in [3.63, 3.8) is 0 Å². The van der Waals surface area contributed by atoms with Gasteiger partial charge in [0.15, 0.2) is 5.69 Å². The fourth-order valence-electron chi connectivity index (χ4n) is 1.86. The molecule has 0 aliphatic rings. The molecule has 0 radical (unpaired) electrons. The van der Waals surface area contributed by atoms with Crippen LogP contribution in [0.1, 0.15) is 17.3 Å². The zero-order valence-electron chi connectivity index (χ0n) is 13.0. The Bertz CT molecular complexity index is 890. The van der Waals surface area contributed by atoms with E-state index >= 15 is 0 Å². The van der Waals surface area contributed by atoms with Crippen molar-refractivity contribution in [3.05, 3.63) is 38.1 Å². The van der Waals surface area contributed by atoms with Crippen molar-refractivity contribution >= 4 is 11.4 Å². The van der Waals surface area contributed by atoms with Crippen molar-refractivity contribution in [2.24, 2.45) is 24.3 Å². The highest BCUT2D eigenvalue weighted by Crippen LogP contribution is 2.20. The number of nitrogens with one attached hydrogen (secondary N) is 1. The maximum atomic E-state index is 12.1. The van der Waals surface area contributed by atoms with Crippen molar-refractivity contribution < 1.29 is 9.67 Å². The van der Waals surface area contributed by atoms with E-state index in [9.17, 15) is 14.7 Å². The third-order valence-electron chi connectivity index (χ3n) is 3.46. The fraction of sp³-hybridized carbons (Fsp3) is 0.385. The van der Waals surface area contributed by atoms with Gasteiger partial charge < -0.3 is 5.11 Å². The van der Waals surface area contributed by atoms with Gasteiger partial charge in [0.1, 0.15) is 5.82 Å². The predicted molar refractivity (Wildman–Crippen MR) is 77.8 cm³/mol. The number of hydrogen-bond donors (Lipinski definition) is 2. The van der Waals surface area contributed by atoms with Gasteiger partial charge in [0.2, 0.25) is 0 Å². The van der Waals surface area contributed by atoms with Gasteiger partial charge in [-0.15, -0.1) is 10.2 Å². The van der Waals surface area contributed by atoms with Gasteiger partial charge in [0, 0.05) is 14.0 Å². The lowest BCUT2D eigenvalue weighted by atomic mass is 10.3. The topological polar surface area (TPSA) is 117 Å². The van der Waals surface area contributed by atoms with Crippen molar-refractivity contribution in [2.45, 2.75) is 20.8 Å². The highest BCUT2D eigenvalue weighted by atomic mass is 16.3. The van der Waals surface area contributed by atoms with Crippen LogP contribution in [0.2, 0.25) is 0 Å². The van der Waals surface area contributed by atoms with Crippen LogP contribution in [-0.2, 0) is 14.1 Å². The Morgan fingerprint density at radius 1 is 1.18 bits per heavy atom. The number of rotatable bonds is 2. The fourth-order valence-corrected chi connectivity index (χ4v) is 1.86. The van der Waals surface area contributed by atoms with E-state index < -0.39 is 5.56 Å². The van der Waals surface area contributed by atoms with Gasteiger partial charge in [-0.3, -0.25) is 9.36 Å². The molecule has 22 heavy (non-hydrogen) atoms. The normalized spacial score (nSPS) is 11.3. The molecule has 0 atom stereocenters. The molecule has 0 spiro atoms. The Labute approximate surface area is 125 Å². The number of nitrogens with zero attached hydrogens (tertiary/aromatic N) is 5. The highest BCUT2D eigenvalue weighted by Gasteiger charge is 2.18. The second-order valence-electron chi connectivity index (χ2n) is 4.93. The molecule has 9 nitrogen and oxygen atoms in total. The number of hydrogen-bond acceptors (Lipinski definition) is 6. The van der Waals surface area contributed by atoms with E-state index in [1.54, 1.807) is 34.9 Å². The molecule has 0 saturated heterocycles. The van der Waals surface area contributed by atoms with Gasteiger partial charge in [-0.2, -0.15) is 0 Å². The zero-order chi connectivity index (χ0) is 16.6. The quantitative estimate of drug-likeness (QED) is 0.614. The van der Waals surface area contributed by atoms with Gasteiger partial charge in [0.25, 0.3) is 17.1 Å². The first-order valence-electron chi connectivity index (χ1n) is 6.52. The molecule has 0 bridgehead atoms. The van der Waals surface area contributed by atoms with E-state index in [1.807, 2.05) is 0 Å². The SMILES string of the molecule is Cc1nc(C)n(C)c(=O)c1N=Nc1c(O)[n+](C)c(C)[nH]c1=O. The van der Waals surface area contributed by atoms with Crippen LogP contribution < -0.4 is 15.7 Å². The lowest BCUT2D eigenvalue weighted by Gasteiger charge is -2.05. The number of aromatic nitrogens is 4. The van der Waals surface area contributed by atoms with Gasteiger partial charge in [0.05, 0.1) is 12.7 Å². The van der Waals surface area contributed by atoms with Crippen molar-refractivity contribution in [1.82, 2.24) is 14.5 Å². The molecule has 9 heteroatoms. The maximum absolute atomic E-state index is 12.1. The Morgan fingerprint density at radius 2 is 1.77 bits per heavy atom. The summed E-state index contributed by atoms with van der Waals surface area (Å²) in [7, 11) is 3.14. The second-order valence-corrected chi connectivity index (χ2v) is 4.93.